The lowest BCUT2D eigenvalue weighted by Gasteiger charge is -2.34. The number of carboxylic acids is 1. The fourth-order valence-corrected chi connectivity index (χ4v) is 5.36. The average Bonchev–Trinajstić information content (AvgIpc) is 3.44. The normalized spacial score (nSPS) is 20.4. The van der Waals surface area contributed by atoms with Crippen LogP contribution in [0.4, 0.5) is 13.2 Å². The van der Waals surface area contributed by atoms with Crippen molar-refractivity contribution in [1.82, 2.24) is 25.3 Å². The first-order valence-electron chi connectivity index (χ1n) is 11.1. The Morgan fingerprint density at radius 1 is 1.36 bits per heavy atom. The Bertz CT molecular complexity index is 1320. The molecule has 0 amide bonds. The van der Waals surface area contributed by atoms with Crippen LogP contribution in [0, 0.1) is 0 Å². The highest BCUT2D eigenvalue weighted by Gasteiger charge is 2.46. The van der Waals surface area contributed by atoms with Crippen LogP contribution >= 0.6 is 0 Å². The van der Waals surface area contributed by atoms with Gasteiger partial charge in [-0.15, -0.1) is 13.2 Å². The number of alkyl halides is 3. The summed E-state index contributed by atoms with van der Waals surface area (Å²) in [6.07, 6.45) is 0.617. The van der Waals surface area contributed by atoms with Gasteiger partial charge in [-0.05, 0) is 37.5 Å². The van der Waals surface area contributed by atoms with E-state index in [-0.39, 0.29) is 28.7 Å². The van der Waals surface area contributed by atoms with Gasteiger partial charge in [0, 0.05) is 25.4 Å². The van der Waals surface area contributed by atoms with Crippen molar-refractivity contribution in [3.8, 4) is 5.75 Å². The third-order valence-electron chi connectivity index (χ3n) is 6.32. The Morgan fingerprint density at radius 2 is 2.06 bits per heavy atom. The highest BCUT2D eigenvalue weighted by molar-refractivity contribution is 7.95. The van der Waals surface area contributed by atoms with E-state index in [1.807, 2.05) is 10.9 Å². The second kappa shape index (κ2) is 8.91. The predicted octanol–water partition coefficient (Wildman–Crippen LogP) is 2.87. The third kappa shape index (κ3) is 4.94. The number of sulfone groups is 1. The fourth-order valence-electron chi connectivity index (χ4n) is 4.06. The Morgan fingerprint density at radius 3 is 2.64 bits per heavy atom. The molecule has 36 heavy (non-hydrogen) atoms. The standard InChI is InChI=1S/C22H26F3N5O5S/c1-4-36(33,34)19-18(28-21(2,29(19)3)14-11-27-30(12-14)15-6-7-15)26-10-13-5-8-16(35-22(23,24)25)9-17(13)20(31)32/h5,8-9,11-12,15,26,28H,4,6-7,10H2,1-3H3,(H,31,32). The van der Waals surface area contributed by atoms with Gasteiger partial charge in [0.25, 0.3) is 0 Å². The van der Waals surface area contributed by atoms with Gasteiger partial charge in [0.05, 0.1) is 23.6 Å². The first kappa shape index (κ1) is 25.7. The second-order valence-corrected chi connectivity index (χ2v) is 11.0. The van der Waals surface area contributed by atoms with Crippen molar-refractivity contribution in [1.29, 1.82) is 0 Å². The topological polar surface area (TPSA) is 126 Å². The number of aromatic carboxylic acids is 1. The molecule has 1 unspecified atom stereocenters. The van der Waals surface area contributed by atoms with Gasteiger partial charge in [0.2, 0.25) is 0 Å². The summed E-state index contributed by atoms with van der Waals surface area (Å²) in [5.41, 5.74) is -0.521. The maximum Gasteiger partial charge on any atom is 0.573 e. The Kier molecular flexibility index (Phi) is 6.35. The lowest BCUT2D eigenvalue weighted by Crippen LogP contribution is -2.46. The van der Waals surface area contributed by atoms with Gasteiger partial charge in [0.15, 0.2) is 14.9 Å². The molecule has 1 fully saturated rings. The fraction of sp³-hybridized carbons (Fsp3) is 0.455. The second-order valence-electron chi connectivity index (χ2n) is 8.81. The SMILES string of the molecule is CCS(=O)(=O)C1=C(NCc2ccc(OC(F)(F)F)cc2C(=O)O)NC(C)(c2cnn(C3CC3)c2)N1C. The number of rotatable bonds is 9. The van der Waals surface area contributed by atoms with Crippen molar-refractivity contribution in [3.63, 3.8) is 0 Å². The van der Waals surface area contributed by atoms with Gasteiger partial charge in [0.1, 0.15) is 17.2 Å². The van der Waals surface area contributed by atoms with Crippen molar-refractivity contribution in [2.45, 2.75) is 51.3 Å². The van der Waals surface area contributed by atoms with Gasteiger partial charge >= 0.3 is 12.3 Å². The minimum absolute atomic E-state index is 0.0134. The van der Waals surface area contributed by atoms with Crippen LogP contribution in [-0.4, -0.2) is 53.3 Å². The van der Waals surface area contributed by atoms with Crippen LogP contribution in [0.1, 0.15) is 54.2 Å². The number of ether oxygens (including phenoxy) is 1. The number of nitrogens with zero attached hydrogens (tertiary/aromatic N) is 3. The zero-order valence-electron chi connectivity index (χ0n) is 19.8. The quantitative estimate of drug-likeness (QED) is 0.450. The monoisotopic (exact) mass is 529 g/mol. The minimum Gasteiger partial charge on any atom is -0.478 e. The summed E-state index contributed by atoms with van der Waals surface area (Å²) in [7, 11) is -2.11. The summed E-state index contributed by atoms with van der Waals surface area (Å²) in [5.74, 6) is -2.16. The molecular formula is C22H26F3N5O5S. The molecule has 14 heteroatoms. The molecule has 10 nitrogen and oxygen atoms in total. The number of carbonyl (C=O) groups is 1. The van der Waals surface area contributed by atoms with E-state index in [9.17, 15) is 31.5 Å². The molecule has 1 aliphatic carbocycles. The van der Waals surface area contributed by atoms with Crippen LogP contribution in [-0.2, 0) is 22.0 Å². The highest BCUT2D eigenvalue weighted by Crippen LogP contribution is 2.39. The number of benzene rings is 1. The van der Waals surface area contributed by atoms with E-state index in [0.29, 0.717) is 6.04 Å². The van der Waals surface area contributed by atoms with Crippen LogP contribution < -0.4 is 15.4 Å². The molecule has 1 aromatic carbocycles. The number of hydrogen-bond acceptors (Lipinski definition) is 8. The molecule has 196 valence electrons. The maximum atomic E-state index is 13.0. The van der Waals surface area contributed by atoms with Gasteiger partial charge < -0.3 is 25.4 Å². The van der Waals surface area contributed by atoms with E-state index >= 15 is 0 Å². The van der Waals surface area contributed by atoms with E-state index < -0.39 is 39.1 Å². The molecule has 0 bridgehead atoms. The molecule has 3 N–H and O–H groups in total. The molecule has 2 aliphatic rings. The smallest absolute Gasteiger partial charge is 0.478 e. The van der Waals surface area contributed by atoms with Crippen LogP contribution in [0.5, 0.6) is 5.75 Å². The van der Waals surface area contributed by atoms with Crippen LogP contribution in [0.15, 0.2) is 41.4 Å². The zero-order valence-corrected chi connectivity index (χ0v) is 20.6. The zero-order chi connectivity index (χ0) is 26.5. The summed E-state index contributed by atoms with van der Waals surface area (Å²) in [4.78, 5) is 13.3. The first-order chi connectivity index (χ1) is 16.7. The Hall–Kier alpha value is -3.42. The number of nitrogens with one attached hydrogen (secondary N) is 2. The highest BCUT2D eigenvalue weighted by atomic mass is 32.2. The van der Waals surface area contributed by atoms with Crippen molar-refractivity contribution in [3.05, 3.63) is 58.1 Å². The first-order valence-corrected chi connectivity index (χ1v) is 12.8. The molecule has 1 atom stereocenters. The summed E-state index contributed by atoms with van der Waals surface area (Å²) >= 11 is 0. The van der Waals surface area contributed by atoms with E-state index in [1.165, 1.54) is 13.0 Å². The number of carboxylic acid groups (broad SMARTS) is 1. The van der Waals surface area contributed by atoms with E-state index in [2.05, 4.69) is 20.5 Å². The molecule has 2 aromatic rings. The number of hydrogen-bond donors (Lipinski definition) is 3. The van der Waals surface area contributed by atoms with Gasteiger partial charge in [-0.25, -0.2) is 13.2 Å². The molecule has 0 radical (unpaired) electrons. The third-order valence-corrected chi connectivity index (χ3v) is 8.15. The molecule has 0 spiro atoms. The lowest BCUT2D eigenvalue weighted by molar-refractivity contribution is -0.274. The minimum atomic E-state index is -4.97. The number of halogens is 3. The maximum absolute atomic E-state index is 13.0. The van der Waals surface area contributed by atoms with Gasteiger partial charge in [-0.2, -0.15) is 5.10 Å². The molecular weight excluding hydrogens is 503 g/mol. The summed E-state index contributed by atoms with van der Waals surface area (Å²) in [6.45, 7) is 3.13. The molecule has 1 aliphatic heterocycles. The van der Waals surface area contributed by atoms with E-state index in [1.54, 1.807) is 25.1 Å². The molecule has 4 rings (SSSR count). The summed E-state index contributed by atoms with van der Waals surface area (Å²) < 4.78 is 69.3. The van der Waals surface area contributed by atoms with Crippen molar-refractivity contribution >= 4 is 15.8 Å². The molecule has 1 aromatic heterocycles. The molecule has 1 saturated carbocycles. The number of aromatic nitrogens is 2. The predicted molar refractivity (Wildman–Crippen MR) is 122 cm³/mol. The summed E-state index contributed by atoms with van der Waals surface area (Å²) in [5, 5.41) is 20.0. The Balaban J connectivity index is 1.64. The average molecular weight is 530 g/mol. The van der Waals surface area contributed by atoms with Gasteiger partial charge in [-0.3, -0.25) is 4.68 Å². The van der Waals surface area contributed by atoms with E-state index in [4.69, 9.17) is 0 Å². The van der Waals surface area contributed by atoms with Crippen LogP contribution in [0.2, 0.25) is 0 Å². The van der Waals surface area contributed by atoms with E-state index in [0.717, 1.165) is 30.5 Å². The Labute approximate surface area is 205 Å². The molecule has 0 saturated heterocycles. The van der Waals surface area contributed by atoms with Crippen LogP contribution in [0.3, 0.4) is 0 Å². The summed E-state index contributed by atoms with van der Waals surface area (Å²) in [6, 6.07) is 3.29. The van der Waals surface area contributed by atoms with Crippen molar-refractivity contribution in [2.24, 2.45) is 0 Å². The molecule has 2 heterocycles. The lowest BCUT2D eigenvalue weighted by atomic mass is 10.1. The van der Waals surface area contributed by atoms with Crippen LogP contribution in [0.25, 0.3) is 0 Å². The van der Waals surface area contributed by atoms with Gasteiger partial charge in [-0.1, -0.05) is 13.0 Å². The van der Waals surface area contributed by atoms with Crippen molar-refractivity contribution in [2.75, 3.05) is 12.8 Å². The van der Waals surface area contributed by atoms with Crippen molar-refractivity contribution < 1.29 is 36.2 Å². The largest absolute Gasteiger partial charge is 0.573 e.